The van der Waals surface area contributed by atoms with Gasteiger partial charge in [-0.3, -0.25) is 43.2 Å². The van der Waals surface area contributed by atoms with Gasteiger partial charge in [0.1, 0.15) is 48.3 Å². The van der Waals surface area contributed by atoms with Gasteiger partial charge in [0.2, 0.25) is 47.3 Å². The van der Waals surface area contributed by atoms with Crippen LogP contribution >= 0.6 is 0 Å². The molecule has 0 bridgehead atoms. The van der Waals surface area contributed by atoms with Gasteiger partial charge in [0.15, 0.2) is 0 Å². The van der Waals surface area contributed by atoms with E-state index in [1.54, 1.807) is 86.8 Å². The summed E-state index contributed by atoms with van der Waals surface area (Å²) in [7, 11) is 0. The zero-order chi connectivity index (χ0) is 59.1. The van der Waals surface area contributed by atoms with Gasteiger partial charge in [-0.25, -0.2) is 4.79 Å². The highest BCUT2D eigenvalue weighted by Gasteiger charge is 2.36. The normalized spacial score (nSPS) is 14.6. The number of aromatic amines is 1. The molecule has 0 unspecified atom stereocenters. The van der Waals surface area contributed by atoms with Crippen molar-refractivity contribution in [3.05, 3.63) is 108 Å². The van der Waals surface area contributed by atoms with Crippen molar-refractivity contribution in [2.45, 2.75) is 127 Å². The Hall–Kier alpha value is -8.26. The van der Waals surface area contributed by atoms with E-state index in [2.05, 4.69) is 42.2 Å². The number of amides is 8. The Labute approximate surface area is 462 Å². The van der Waals surface area contributed by atoms with Gasteiger partial charge in [-0.1, -0.05) is 107 Å². The first-order chi connectivity index (χ1) is 38.0. The third-order valence-electron chi connectivity index (χ3n) is 12.7. The number of para-hydroxylation sites is 1. The number of aliphatic hydroxyl groups is 3. The average molecular weight is 1120 g/mol. The van der Waals surface area contributed by atoms with E-state index in [-0.39, 0.29) is 50.4 Å². The number of hydrogen-bond acceptors (Lipinski definition) is 14. The molecule has 25 heteroatoms. The van der Waals surface area contributed by atoms with Crippen molar-refractivity contribution in [2.75, 3.05) is 19.8 Å². The molecule has 4 rings (SSSR count). The van der Waals surface area contributed by atoms with Crippen molar-refractivity contribution in [2.24, 2.45) is 17.6 Å². The molecule has 0 aliphatic carbocycles. The van der Waals surface area contributed by atoms with Crippen LogP contribution in [0.1, 0.15) is 70.1 Å². The SMILES string of the molecule is CC(C)C[C@H](NC(=O)[C@H](Cc1ccccc1)NC(=O)[C@H](Cc1ccccc1)NC(=O)[C@H](Cc1c[nH]c2ccccc12)NC(=O)[C@H](CC(C)C)NC(=O)[C@@H](N)CCC(=O)O)C(=O)N[C@@H](CO)C(=O)N[C@@H](CO)C(=O)N[C@@H](CO)C(=O)O. The lowest BCUT2D eigenvalue weighted by Gasteiger charge is -2.28. The molecule has 0 saturated heterocycles. The minimum absolute atomic E-state index is 0.0434. The number of aliphatic carboxylic acids is 2. The van der Waals surface area contributed by atoms with Crippen molar-refractivity contribution in [3.8, 4) is 0 Å². The molecule has 0 radical (unpaired) electrons. The predicted octanol–water partition coefficient (Wildman–Crippen LogP) is -1.58. The summed E-state index contributed by atoms with van der Waals surface area (Å²) in [6.45, 7) is 3.99. The molecule has 0 aliphatic rings. The molecular formula is C55H74N10O15. The summed E-state index contributed by atoms with van der Waals surface area (Å²) >= 11 is 0. The van der Waals surface area contributed by atoms with Crippen molar-refractivity contribution in [3.63, 3.8) is 0 Å². The first kappa shape index (κ1) is 64.3. The van der Waals surface area contributed by atoms with Gasteiger partial charge in [-0.2, -0.15) is 0 Å². The number of carboxylic acids is 2. The van der Waals surface area contributed by atoms with Crippen LogP contribution in [0.2, 0.25) is 0 Å². The lowest BCUT2D eigenvalue weighted by atomic mass is 9.99. The zero-order valence-corrected chi connectivity index (χ0v) is 45.0. The zero-order valence-electron chi connectivity index (χ0n) is 45.0. The topological polar surface area (TPSA) is 410 Å². The number of nitrogens with one attached hydrogen (secondary N) is 9. The molecule has 0 aliphatic heterocycles. The molecule has 25 nitrogen and oxygen atoms in total. The van der Waals surface area contributed by atoms with E-state index in [0.717, 1.165) is 10.9 Å². The van der Waals surface area contributed by atoms with E-state index in [0.29, 0.717) is 16.7 Å². The van der Waals surface area contributed by atoms with Gasteiger partial charge in [0, 0.05) is 42.8 Å². The molecule has 0 spiro atoms. The third-order valence-corrected chi connectivity index (χ3v) is 12.7. The summed E-state index contributed by atoms with van der Waals surface area (Å²) in [6, 6.07) is 10.9. The number of benzene rings is 3. The molecule has 434 valence electrons. The molecule has 0 saturated carbocycles. The fourth-order valence-electron chi connectivity index (χ4n) is 8.42. The van der Waals surface area contributed by atoms with Crippen LogP contribution in [0, 0.1) is 11.8 Å². The number of hydrogen-bond donors (Lipinski definition) is 15. The minimum Gasteiger partial charge on any atom is -0.481 e. The van der Waals surface area contributed by atoms with E-state index < -0.39 is 140 Å². The van der Waals surface area contributed by atoms with Crippen LogP contribution in [0.5, 0.6) is 0 Å². The molecule has 80 heavy (non-hydrogen) atoms. The first-order valence-corrected chi connectivity index (χ1v) is 26.1. The first-order valence-electron chi connectivity index (χ1n) is 26.1. The summed E-state index contributed by atoms with van der Waals surface area (Å²) in [5.41, 5.74) is 8.51. The standard InChI is InChI=1S/C55H74N10O15/c1-30(2)21-38(58-47(71)36(56)19-20-46(69)70)48(72)62-42(25-34-26-57-37-18-12-11-17-35(34)37)52(76)61-41(24-33-15-9-6-10-16-33)51(75)60-40(23-32-13-7-5-8-14-32)50(74)59-39(22-31(3)4)49(73)63-43(27-66)53(77)64-44(28-67)54(78)65-45(29-68)55(79)80/h5-18,26,30-31,36,38-45,57,66-68H,19-25,27-29,56H2,1-4H3,(H,58,71)(H,59,74)(H,60,75)(H,61,76)(H,62,72)(H,63,73)(H,64,77)(H,65,78)(H,69,70)(H,79,80)/t36-,38-,39-,40-,41-,42-,43-,44-,45-/m0/s1. The number of H-pyrrole nitrogens is 1. The molecule has 4 aromatic rings. The predicted molar refractivity (Wildman–Crippen MR) is 290 cm³/mol. The van der Waals surface area contributed by atoms with Crippen molar-refractivity contribution in [1.82, 2.24) is 47.5 Å². The summed E-state index contributed by atoms with van der Waals surface area (Å²) < 4.78 is 0. The third kappa shape index (κ3) is 20.5. The summed E-state index contributed by atoms with van der Waals surface area (Å²) in [5.74, 6) is -10.7. The summed E-state index contributed by atoms with van der Waals surface area (Å²) in [6.07, 6.45) is 0.741. The van der Waals surface area contributed by atoms with E-state index in [1.807, 2.05) is 37.4 Å². The largest absolute Gasteiger partial charge is 0.481 e. The van der Waals surface area contributed by atoms with Gasteiger partial charge in [-0.15, -0.1) is 0 Å². The number of nitrogens with two attached hydrogens (primary N) is 1. The van der Waals surface area contributed by atoms with E-state index >= 15 is 0 Å². The summed E-state index contributed by atoms with van der Waals surface area (Å²) in [4.78, 5) is 137. The molecular weight excluding hydrogens is 1040 g/mol. The van der Waals surface area contributed by atoms with E-state index in [9.17, 15) is 68.4 Å². The Bertz CT molecular complexity index is 2740. The second-order valence-corrected chi connectivity index (χ2v) is 20.1. The second kappa shape index (κ2) is 32.0. The fraction of sp³-hybridized carbons (Fsp3) is 0.455. The number of carbonyl (C=O) groups is 10. The smallest absolute Gasteiger partial charge is 0.328 e. The number of fused-ring (bicyclic) bond motifs is 1. The van der Waals surface area contributed by atoms with Crippen LogP contribution in [0.25, 0.3) is 10.9 Å². The van der Waals surface area contributed by atoms with Crippen LogP contribution in [-0.4, -0.2) is 164 Å². The number of aromatic nitrogens is 1. The highest BCUT2D eigenvalue weighted by molar-refractivity contribution is 5.99. The lowest BCUT2D eigenvalue weighted by Crippen LogP contribution is -2.61. The average Bonchev–Trinajstić information content (AvgIpc) is 3.88. The maximum Gasteiger partial charge on any atom is 0.328 e. The van der Waals surface area contributed by atoms with Crippen LogP contribution in [0.3, 0.4) is 0 Å². The molecule has 16 N–H and O–H groups in total. The van der Waals surface area contributed by atoms with Gasteiger partial charge < -0.3 is 78.8 Å². The fourth-order valence-corrected chi connectivity index (χ4v) is 8.42. The van der Waals surface area contributed by atoms with Crippen LogP contribution in [-0.2, 0) is 67.2 Å². The maximum atomic E-state index is 14.8. The summed E-state index contributed by atoms with van der Waals surface area (Å²) in [5, 5.41) is 68.4. The Morgan fingerprint density at radius 2 is 0.800 bits per heavy atom. The van der Waals surface area contributed by atoms with Gasteiger partial charge in [-0.05, 0) is 53.9 Å². The molecule has 9 atom stereocenters. The highest BCUT2D eigenvalue weighted by Crippen LogP contribution is 2.20. The number of carbonyl (C=O) groups excluding carboxylic acids is 8. The van der Waals surface area contributed by atoms with E-state index in [4.69, 9.17) is 10.8 Å². The van der Waals surface area contributed by atoms with Crippen molar-refractivity contribution < 1.29 is 73.5 Å². The quantitative estimate of drug-likeness (QED) is 0.0256. The van der Waals surface area contributed by atoms with Crippen molar-refractivity contribution >= 4 is 70.1 Å². The monoisotopic (exact) mass is 1110 g/mol. The Kier molecular flexibility index (Phi) is 25.7. The van der Waals surface area contributed by atoms with Gasteiger partial charge in [0.05, 0.1) is 25.9 Å². The Morgan fingerprint density at radius 1 is 0.450 bits per heavy atom. The maximum absolute atomic E-state index is 14.8. The molecule has 1 heterocycles. The van der Waals surface area contributed by atoms with Gasteiger partial charge in [0.25, 0.3) is 0 Å². The number of rotatable bonds is 33. The van der Waals surface area contributed by atoms with Gasteiger partial charge >= 0.3 is 11.9 Å². The van der Waals surface area contributed by atoms with Crippen LogP contribution < -0.4 is 48.3 Å². The van der Waals surface area contributed by atoms with Crippen LogP contribution in [0.15, 0.2) is 91.1 Å². The molecule has 3 aromatic carbocycles. The molecule has 0 fully saturated rings. The van der Waals surface area contributed by atoms with Crippen molar-refractivity contribution in [1.29, 1.82) is 0 Å². The number of carboxylic acid groups (broad SMARTS) is 2. The van der Waals surface area contributed by atoms with Crippen LogP contribution in [0.4, 0.5) is 0 Å². The minimum atomic E-state index is -1.78. The lowest BCUT2D eigenvalue weighted by molar-refractivity contribution is -0.143. The highest BCUT2D eigenvalue weighted by atomic mass is 16.4. The Balaban J connectivity index is 1.66. The second-order valence-electron chi connectivity index (χ2n) is 20.1. The Morgan fingerprint density at radius 3 is 1.21 bits per heavy atom. The number of aliphatic hydroxyl groups excluding tert-OH is 3. The van der Waals surface area contributed by atoms with E-state index in [1.165, 1.54) is 0 Å². The molecule has 8 amide bonds. The molecule has 1 aromatic heterocycles.